The number of anilines is 1. The molecule has 0 unspecified atom stereocenters. The van der Waals surface area contributed by atoms with E-state index in [2.05, 4.69) is 23.7 Å². The molecule has 0 atom stereocenters. The molecule has 1 heterocycles. The van der Waals surface area contributed by atoms with Crippen molar-refractivity contribution in [3.63, 3.8) is 0 Å². The number of nitrogens with zero attached hydrogens (tertiary/aromatic N) is 3. The van der Waals surface area contributed by atoms with Gasteiger partial charge in [0, 0.05) is 19.3 Å². The molecule has 0 aliphatic heterocycles. The summed E-state index contributed by atoms with van der Waals surface area (Å²) in [6, 6.07) is 14.0. The molecule has 3 rings (SSSR count). The first-order chi connectivity index (χ1) is 14.8. The van der Waals surface area contributed by atoms with Crippen LogP contribution in [-0.4, -0.2) is 63.3 Å². The molecule has 0 fully saturated rings. The summed E-state index contributed by atoms with van der Waals surface area (Å²) in [5, 5.41) is 0.537. The Labute approximate surface area is 187 Å². The van der Waals surface area contributed by atoms with Crippen LogP contribution in [0, 0.1) is 0 Å². The van der Waals surface area contributed by atoms with Gasteiger partial charge in [-0.15, -0.1) is 0 Å². The van der Waals surface area contributed by atoms with Gasteiger partial charge in [-0.2, -0.15) is 0 Å². The van der Waals surface area contributed by atoms with Gasteiger partial charge in [0.15, 0.2) is 21.6 Å². The lowest BCUT2D eigenvalue weighted by Gasteiger charge is -2.24. The zero-order chi connectivity index (χ0) is 22.4. The fourth-order valence-corrected chi connectivity index (χ4v) is 4.86. The van der Waals surface area contributed by atoms with Gasteiger partial charge in [-0.1, -0.05) is 43.4 Å². The van der Waals surface area contributed by atoms with E-state index in [-0.39, 0.29) is 17.4 Å². The molecule has 0 bridgehead atoms. The zero-order valence-electron chi connectivity index (χ0n) is 17.9. The zero-order valence-corrected chi connectivity index (χ0v) is 19.6. The van der Waals surface area contributed by atoms with E-state index in [0.29, 0.717) is 29.5 Å². The third kappa shape index (κ3) is 6.03. The number of ether oxygens (including phenoxy) is 1. The fraction of sp³-hybridized carbons (Fsp3) is 0.364. The number of benzene rings is 2. The van der Waals surface area contributed by atoms with Crippen molar-refractivity contribution in [3.8, 4) is 5.75 Å². The molecular formula is C22H27N3O4S2. The Kier molecular flexibility index (Phi) is 7.64. The number of hydrogen-bond acceptors (Lipinski definition) is 7. The Balaban J connectivity index is 1.86. The van der Waals surface area contributed by atoms with Crippen LogP contribution in [0.1, 0.15) is 13.8 Å². The molecule has 1 aromatic heterocycles. The van der Waals surface area contributed by atoms with Gasteiger partial charge in [-0.25, -0.2) is 13.4 Å². The first kappa shape index (κ1) is 23.2. The Morgan fingerprint density at radius 2 is 1.77 bits per heavy atom. The summed E-state index contributed by atoms with van der Waals surface area (Å²) in [7, 11) is -3.32. The number of carbonyl (C=O) groups excluding carboxylic acids is 1. The number of likely N-dealkylation sites (N-methyl/N-ethyl adjacent to an activating group) is 1. The van der Waals surface area contributed by atoms with Crippen LogP contribution >= 0.6 is 11.3 Å². The number of rotatable bonds is 10. The van der Waals surface area contributed by atoms with Gasteiger partial charge in [-0.05, 0) is 43.4 Å². The van der Waals surface area contributed by atoms with E-state index in [1.165, 1.54) is 17.6 Å². The van der Waals surface area contributed by atoms with Crippen molar-refractivity contribution in [1.29, 1.82) is 0 Å². The largest absolute Gasteiger partial charge is 0.484 e. The third-order valence-electron chi connectivity index (χ3n) is 4.95. The van der Waals surface area contributed by atoms with Crippen molar-refractivity contribution in [2.24, 2.45) is 0 Å². The highest BCUT2D eigenvalue weighted by atomic mass is 32.2. The van der Waals surface area contributed by atoms with E-state index in [1.54, 1.807) is 35.2 Å². The van der Waals surface area contributed by atoms with Gasteiger partial charge in [-0.3, -0.25) is 9.69 Å². The summed E-state index contributed by atoms with van der Waals surface area (Å²) in [6.07, 6.45) is 1.18. The van der Waals surface area contributed by atoms with Crippen LogP contribution in [0.3, 0.4) is 0 Å². The molecular weight excluding hydrogens is 434 g/mol. The van der Waals surface area contributed by atoms with E-state index in [1.807, 2.05) is 18.2 Å². The molecule has 0 saturated heterocycles. The molecule has 7 nitrogen and oxygen atoms in total. The summed E-state index contributed by atoms with van der Waals surface area (Å²) in [6.45, 7) is 7.00. The summed E-state index contributed by atoms with van der Waals surface area (Å²) in [5.74, 6) is 0.431. The van der Waals surface area contributed by atoms with Crippen molar-refractivity contribution >= 4 is 42.4 Å². The Bertz CT molecular complexity index is 1130. The first-order valence-electron chi connectivity index (χ1n) is 10.1. The third-order valence-corrected chi connectivity index (χ3v) is 7.10. The van der Waals surface area contributed by atoms with E-state index >= 15 is 0 Å². The second kappa shape index (κ2) is 10.2. The Morgan fingerprint density at radius 3 is 2.42 bits per heavy atom. The van der Waals surface area contributed by atoms with Crippen LogP contribution in [0.25, 0.3) is 10.2 Å². The molecule has 9 heteroatoms. The predicted molar refractivity (Wildman–Crippen MR) is 125 cm³/mol. The summed E-state index contributed by atoms with van der Waals surface area (Å²) in [4.78, 5) is 21.8. The lowest BCUT2D eigenvalue weighted by atomic mass is 10.3. The number of carbonyl (C=O) groups is 1. The second-order valence-electron chi connectivity index (χ2n) is 7.07. The van der Waals surface area contributed by atoms with Crippen LogP contribution < -0.4 is 9.64 Å². The number of sulfone groups is 1. The van der Waals surface area contributed by atoms with Crippen LogP contribution in [0.4, 0.5) is 5.13 Å². The molecule has 0 N–H and O–H groups in total. The minimum Gasteiger partial charge on any atom is -0.484 e. The minimum absolute atomic E-state index is 0.104. The Morgan fingerprint density at radius 1 is 1.06 bits per heavy atom. The average Bonchev–Trinajstić information content (AvgIpc) is 3.18. The predicted octanol–water partition coefficient (Wildman–Crippen LogP) is 3.45. The van der Waals surface area contributed by atoms with Crippen molar-refractivity contribution in [1.82, 2.24) is 9.88 Å². The SMILES string of the molecule is CCN(CC)CCN(C(=O)COc1ccccc1)c1nc2ccc(S(C)(=O)=O)cc2s1. The Hall–Kier alpha value is -2.49. The summed E-state index contributed by atoms with van der Waals surface area (Å²) >= 11 is 1.31. The highest BCUT2D eigenvalue weighted by Crippen LogP contribution is 2.31. The molecule has 0 aliphatic rings. The molecule has 0 radical (unpaired) electrons. The van der Waals surface area contributed by atoms with Crippen LogP contribution in [0.15, 0.2) is 53.4 Å². The molecule has 1 amide bonds. The van der Waals surface area contributed by atoms with E-state index in [4.69, 9.17) is 4.74 Å². The monoisotopic (exact) mass is 461 g/mol. The summed E-state index contributed by atoms with van der Waals surface area (Å²) in [5.41, 5.74) is 0.664. The molecule has 2 aromatic carbocycles. The lowest BCUT2D eigenvalue weighted by Crippen LogP contribution is -2.41. The fourth-order valence-electron chi connectivity index (χ4n) is 3.09. The number of hydrogen-bond donors (Lipinski definition) is 0. The number of para-hydroxylation sites is 1. The highest BCUT2D eigenvalue weighted by molar-refractivity contribution is 7.90. The van der Waals surface area contributed by atoms with E-state index in [9.17, 15) is 13.2 Å². The number of aromatic nitrogens is 1. The summed E-state index contributed by atoms with van der Waals surface area (Å²) < 4.78 is 30.2. The molecule has 31 heavy (non-hydrogen) atoms. The first-order valence-corrected chi connectivity index (χ1v) is 12.8. The maximum Gasteiger partial charge on any atom is 0.266 e. The lowest BCUT2D eigenvalue weighted by molar-refractivity contribution is -0.120. The van der Waals surface area contributed by atoms with Crippen molar-refractivity contribution in [2.45, 2.75) is 18.7 Å². The number of thiazole rings is 1. The minimum atomic E-state index is -3.32. The average molecular weight is 462 g/mol. The van der Waals surface area contributed by atoms with E-state index < -0.39 is 9.84 Å². The van der Waals surface area contributed by atoms with E-state index in [0.717, 1.165) is 17.8 Å². The topological polar surface area (TPSA) is 79.8 Å². The molecule has 3 aromatic rings. The number of amides is 1. The molecule has 0 aliphatic carbocycles. The molecule has 0 saturated carbocycles. The maximum atomic E-state index is 13.1. The molecule has 166 valence electrons. The van der Waals surface area contributed by atoms with Gasteiger partial charge in [0.1, 0.15) is 5.75 Å². The van der Waals surface area contributed by atoms with Gasteiger partial charge in [0.2, 0.25) is 0 Å². The normalized spacial score (nSPS) is 11.7. The van der Waals surface area contributed by atoms with Crippen molar-refractivity contribution < 1.29 is 17.9 Å². The molecule has 0 spiro atoms. The standard InChI is InChI=1S/C22H27N3O4S2/c1-4-24(5-2)13-14-25(21(26)16-29-17-9-7-6-8-10-17)22-23-19-12-11-18(31(3,27)28)15-20(19)30-22/h6-12,15H,4-5,13-14,16H2,1-3H3. The maximum absolute atomic E-state index is 13.1. The van der Waals surface area contributed by atoms with Crippen molar-refractivity contribution in [3.05, 3.63) is 48.5 Å². The van der Waals surface area contributed by atoms with Gasteiger partial charge in [0.25, 0.3) is 5.91 Å². The quantitative estimate of drug-likeness (QED) is 0.460. The van der Waals surface area contributed by atoms with Gasteiger partial charge >= 0.3 is 0 Å². The van der Waals surface area contributed by atoms with Crippen LogP contribution in [-0.2, 0) is 14.6 Å². The van der Waals surface area contributed by atoms with Crippen molar-refractivity contribution in [2.75, 3.05) is 43.9 Å². The second-order valence-corrected chi connectivity index (χ2v) is 10.1. The smallest absolute Gasteiger partial charge is 0.266 e. The highest BCUT2D eigenvalue weighted by Gasteiger charge is 2.21. The van der Waals surface area contributed by atoms with Gasteiger partial charge in [0.05, 0.1) is 15.1 Å². The van der Waals surface area contributed by atoms with Crippen LogP contribution in [0.2, 0.25) is 0 Å². The van der Waals surface area contributed by atoms with Crippen LogP contribution in [0.5, 0.6) is 5.75 Å². The number of fused-ring (bicyclic) bond motifs is 1. The van der Waals surface area contributed by atoms with Gasteiger partial charge < -0.3 is 9.64 Å².